The van der Waals surface area contributed by atoms with E-state index in [4.69, 9.17) is 19.9 Å². The van der Waals surface area contributed by atoms with Crippen LogP contribution in [0.25, 0.3) is 0 Å². The molecule has 0 radical (unpaired) electrons. The van der Waals surface area contributed by atoms with E-state index in [-0.39, 0.29) is 12.1 Å². The second-order valence-electron chi connectivity index (χ2n) is 5.30. The highest BCUT2D eigenvalue weighted by Gasteiger charge is 2.21. The van der Waals surface area contributed by atoms with Crippen LogP contribution >= 0.6 is 0 Å². The van der Waals surface area contributed by atoms with Crippen molar-refractivity contribution in [2.45, 2.75) is 44.2 Å². The van der Waals surface area contributed by atoms with Crippen molar-refractivity contribution >= 4 is 0 Å². The minimum Gasteiger partial charge on any atom is -0.493 e. The van der Waals surface area contributed by atoms with Gasteiger partial charge in [0.25, 0.3) is 0 Å². The van der Waals surface area contributed by atoms with Crippen LogP contribution in [0.4, 0.5) is 0 Å². The third-order valence-electron chi connectivity index (χ3n) is 3.92. The lowest BCUT2D eigenvalue weighted by Crippen LogP contribution is -2.39. The van der Waals surface area contributed by atoms with E-state index in [0.717, 1.165) is 30.8 Å². The van der Waals surface area contributed by atoms with Gasteiger partial charge in [-0.25, -0.2) is 0 Å². The molecule has 1 unspecified atom stereocenters. The molecule has 2 atom stereocenters. The van der Waals surface area contributed by atoms with E-state index in [1.54, 1.807) is 14.2 Å². The topological polar surface area (TPSA) is 53.7 Å². The summed E-state index contributed by atoms with van der Waals surface area (Å²) in [6.07, 6.45) is 5.73. The molecule has 2 rings (SSSR count). The standard InChI is InChI=1S/C16H25NO3/c1-18-15-8-7-12(11-16(15)19-2)9-10-20-14-6-4-3-5-13(14)17/h7-8,11,13-14H,3-6,9-10,17H2,1-2H3/t13?,14-/m1/s1. The van der Waals surface area contributed by atoms with Crippen LogP contribution in [-0.4, -0.2) is 33.0 Å². The second-order valence-corrected chi connectivity index (χ2v) is 5.30. The fraction of sp³-hybridized carbons (Fsp3) is 0.625. The number of nitrogens with two attached hydrogens (primary N) is 1. The van der Waals surface area contributed by atoms with E-state index in [1.165, 1.54) is 18.4 Å². The molecule has 20 heavy (non-hydrogen) atoms. The third kappa shape index (κ3) is 3.87. The number of benzene rings is 1. The van der Waals surface area contributed by atoms with Gasteiger partial charge >= 0.3 is 0 Å². The molecule has 0 amide bonds. The molecule has 1 aromatic carbocycles. The Morgan fingerprint density at radius 2 is 1.85 bits per heavy atom. The molecule has 1 aliphatic carbocycles. The number of hydrogen-bond acceptors (Lipinski definition) is 4. The third-order valence-corrected chi connectivity index (χ3v) is 3.92. The van der Waals surface area contributed by atoms with Crippen LogP contribution < -0.4 is 15.2 Å². The van der Waals surface area contributed by atoms with Crippen molar-refractivity contribution in [3.05, 3.63) is 23.8 Å². The molecule has 0 bridgehead atoms. The average Bonchev–Trinajstić information content (AvgIpc) is 2.49. The van der Waals surface area contributed by atoms with Gasteiger partial charge in [-0.05, 0) is 37.0 Å². The maximum atomic E-state index is 6.08. The summed E-state index contributed by atoms with van der Waals surface area (Å²) in [6, 6.07) is 6.18. The zero-order valence-electron chi connectivity index (χ0n) is 12.4. The molecule has 2 N–H and O–H groups in total. The molecule has 112 valence electrons. The van der Waals surface area contributed by atoms with E-state index in [1.807, 2.05) is 18.2 Å². The maximum Gasteiger partial charge on any atom is 0.160 e. The molecule has 1 aromatic rings. The van der Waals surface area contributed by atoms with Crippen molar-refractivity contribution in [2.75, 3.05) is 20.8 Å². The minimum atomic E-state index is 0.203. The summed E-state index contributed by atoms with van der Waals surface area (Å²) < 4.78 is 16.5. The van der Waals surface area contributed by atoms with Crippen LogP contribution in [0, 0.1) is 0 Å². The fourth-order valence-corrected chi connectivity index (χ4v) is 2.70. The van der Waals surface area contributed by atoms with Gasteiger partial charge < -0.3 is 19.9 Å². The van der Waals surface area contributed by atoms with Crippen molar-refractivity contribution in [3.63, 3.8) is 0 Å². The first-order chi connectivity index (χ1) is 9.74. The Balaban J connectivity index is 1.84. The van der Waals surface area contributed by atoms with Crippen LogP contribution in [0.15, 0.2) is 18.2 Å². The molecule has 0 spiro atoms. The lowest BCUT2D eigenvalue weighted by Gasteiger charge is -2.28. The summed E-state index contributed by atoms with van der Waals surface area (Å²) >= 11 is 0. The molecular formula is C16H25NO3. The predicted octanol–water partition coefficient (Wildman–Crippen LogP) is 2.53. The summed E-state index contributed by atoms with van der Waals surface area (Å²) in [5.41, 5.74) is 7.27. The van der Waals surface area contributed by atoms with Crippen molar-refractivity contribution in [1.82, 2.24) is 0 Å². The minimum absolute atomic E-state index is 0.203. The quantitative estimate of drug-likeness (QED) is 0.869. The molecule has 0 heterocycles. The Morgan fingerprint density at radius 3 is 2.55 bits per heavy atom. The highest BCUT2D eigenvalue weighted by Crippen LogP contribution is 2.28. The highest BCUT2D eigenvalue weighted by atomic mass is 16.5. The number of hydrogen-bond donors (Lipinski definition) is 1. The van der Waals surface area contributed by atoms with Crippen molar-refractivity contribution < 1.29 is 14.2 Å². The summed E-state index contributed by atoms with van der Waals surface area (Å²) in [4.78, 5) is 0. The highest BCUT2D eigenvalue weighted by molar-refractivity contribution is 5.42. The molecule has 0 aromatic heterocycles. The van der Waals surface area contributed by atoms with E-state index in [2.05, 4.69) is 0 Å². The Hall–Kier alpha value is -1.26. The Labute approximate surface area is 121 Å². The number of methoxy groups -OCH3 is 2. The summed E-state index contributed by atoms with van der Waals surface area (Å²) in [7, 11) is 3.30. The van der Waals surface area contributed by atoms with Crippen LogP contribution in [0.1, 0.15) is 31.2 Å². The van der Waals surface area contributed by atoms with Gasteiger partial charge in [0, 0.05) is 6.04 Å². The maximum absolute atomic E-state index is 6.08. The van der Waals surface area contributed by atoms with Gasteiger partial charge in [-0.2, -0.15) is 0 Å². The van der Waals surface area contributed by atoms with E-state index >= 15 is 0 Å². The fourth-order valence-electron chi connectivity index (χ4n) is 2.70. The predicted molar refractivity (Wildman–Crippen MR) is 79.4 cm³/mol. The van der Waals surface area contributed by atoms with Gasteiger partial charge in [-0.15, -0.1) is 0 Å². The van der Waals surface area contributed by atoms with Gasteiger partial charge in [0.15, 0.2) is 11.5 Å². The molecule has 4 heteroatoms. The van der Waals surface area contributed by atoms with Gasteiger partial charge in [-0.3, -0.25) is 0 Å². The van der Waals surface area contributed by atoms with Gasteiger partial charge in [-0.1, -0.05) is 18.9 Å². The summed E-state index contributed by atoms with van der Waals surface area (Å²) in [5.74, 6) is 1.52. The van der Waals surface area contributed by atoms with Gasteiger partial charge in [0.2, 0.25) is 0 Å². The SMILES string of the molecule is COc1ccc(CCO[C@@H]2CCCCC2N)cc1OC. The molecule has 1 aliphatic rings. The molecule has 0 aliphatic heterocycles. The first kappa shape index (κ1) is 15.1. The van der Waals surface area contributed by atoms with Crippen LogP contribution in [0.2, 0.25) is 0 Å². The van der Waals surface area contributed by atoms with Gasteiger partial charge in [0.05, 0.1) is 26.9 Å². The number of rotatable bonds is 6. The molecule has 1 saturated carbocycles. The van der Waals surface area contributed by atoms with Crippen LogP contribution in [0.5, 0.6) is 11.5 Å². The largest absolute Gasteiger partial charge is 0.493 e. The average molecular weight is 279 g/mol. The molecule has 1 fully saturated rings. The van der Waals surface area contributed by atoms with Crippen LogP contribution in [0.3, 0.4) is 0 Å². The zero-order valence-corrected chi connectivity index (χ0v) is 12.4. The lowest BCUT2D eigenvalue weighted by atomic mass is 9.93. The Bertz CT molecular complexity index is 422. The lowest BCUT2D eigenvalue weighted by molar-refractivity contribution is 0.0168. The second kappa shape index (κ2) is 7.50. The van der Waals surface area contributed by atoms with Crippen molar-refractivity contribution in [1.29, 1.82) is 0 Å². The first-order valence-electron chi connectivity index (χ1n) is 7.32. The van der Waals surface area contributed by atoms with E-state index in [9.17, 15) is 0 Å². The van der Waals surface area contributed by atoms with Crippen molar-refractivity contribution in [2.24, 2.45) is 5.73 Å². The molecule has 0 saturated heterocycles. The van der Waals surface area contributed by atoms with Crippen LogP contribution in [-0.2, 0) is 11.2 Å². The molecular weight excluding hydrogens is 254 g/mol. The summed E-state index contributed by atoms with van der Waals surface area (Å²) in [5, 5.41) is 0. The normalized spacial score (nSPS) is 22.6. The first-order valence-corrected chi connectivity index (χ1v) is 7.32. The molecule has 4 nitrogen and oxygen atoms in total. The van der Waals surface area contributed by atoms with E-state index < -0.39 is 0 Å². The number of ether oxygens (including phenoxy) is 3. The zero-order chi connectivity index (χ0) is 14.4. The van der Waals surface area contributed by atoms with E-state index in [0.29, 0.717) is 6.61 Å². The Morgan fingerprint density at radius 1 is 1.10 bits per heavy atom. The smallest absolute Gasteiger partial charge is 0.160 e. The monoisotopic (exact) mass is 279 g/mol. The van der Waals surface area contributed by atoms with Gasteiger partial charge in [0.1, 0.15) is 0 Å². The Kier molecular flexibility index (Phi) is 5.68. The summed E-state index contributed by atoms with van der Waals surface area (Å²) in [6.45, 7) is 0.702. The van der Waals surface area contributed by atoms with Crippen molar-refractivity contribution in [3.8, 4) is 11.5 Å².